The Kier molecular flexibility index (Phi) is 11.5. The fraction of sp³-hybridized carbons (Fsp3) is 0.929. The highest BCUT2D eigenvalue weighted by atomic mass is 16.5. The lowest BCUT2D eigenvalue weighted by Crippen LogP contribution is -2.20. The Morgan fingerprint density at radius 2 is 1.71 bits per heavy atom. The maximum Gasteiger partial charge on any atom is 0.319 e. The number of carbonyl (C=O) groups excluding carboxylic acids is 1. The lowest BCUT2D eigenvalue weighted by atomic mass is 9.96. The Labute approximate surface area is 106 Å². The van der Waals surface area contributed by atoms with Crippen LogP contribution in [0.15, 0.2) is 0 Å². The summed E-state index contributed by atoms with van der Waals surface area (Å²) < 4.78 is 5.14. The molecule has 2 N–H and O–H groups in total. The maximum atomic E-state index is 11.0. The highest BCUT2D eigenvalue weighted by molar-refractivity contribution is 5.71. The second kappa shape index (κ2) is 11.9. The molecule has 0 rings (SSSR count). The molecule has 0 spiro atoms. The molecule has 0 aliphatic heterocycles. The topological polar surface area (TPSA) is 52.3 Å². The number of carbonyl (C=O) groups is 1. The third-order valence-electron chi connectivity index (χ3n) is 3.08. The van der Waals surface area contributed by atoms with Crippen LogP contribution in [0.5, 0.6) is 0 Å². The van der Waals surface area contributed by atoms with Crippen LogP contribution >= 0.6 is 0 Å². The first kappa shape index (κ1) is 16.4. The van der Waals surface area contributed by atoms with Gasteiger partial charge in [-0.15, -0.1) is 0 Å². The first-order chi connectivity index (χ1) is 8.24. The minimum atomic E-state index is -0.278. The molecular weight excluding hydrogens is 214 g/mol. The van der Waals surface area contributed by atoms with Crippen molar-refractivity contribution >= 4 is 5.97 Å². The van der Waals surface area contributed by atoms with Crippen LogP contribution in [-0.4, -0.2) is 19.1 Å². The summed E-state index contributed by atoms with van der Waals surface area (Å²) in [4.78, 5) is 11.0. The number of hydrogen-bond acceptors (Lipinski definition) is 3. The van der Waals surface area contributed by atoms with Crippen LogP contribution in [0.2, 0.25) is 0 Å². The molecule has 0 saturated heterocycles. The minimum absolute atomic E-state index is 0.00364. The van der Waals surface area contributed by atoms with Gasteiger partial charge in [-0.3, -0.25) is 4.79 Å². The van der Waals surface area contributed by atoms with E-state index in [1.165, 1.54) is 51.4 Å². The number of ether oxygens (including phenoxy) is 1. The SMILES string of the molecule is CCCCCCC(CCCC)COC(=O)CN. The second-order valence-electron chi connectivity index (χ2n) is 4.74. The number of esters is 1. The predicted octanol–water partition coefficient (Wildman–Crippen LogP) is 3.27. The molecule has 0 bridgehead atoms. The van der Waals surface area contributed by atoms with Crippen LogP contribution in [0.1, 0.15) is 65.2 Å². The molecule has 0 fully saturated rings. The molecule has 1 unspecified atom stereocenters. The minimum Gasteiger partial charge on any atom is -0.464 e. The van der Waals surface area contributed by atoms with E-state index in [1.807, 2.05) is 0 Å². The summed E-state index contributed by atoms with van der Waals surface area (Å²) in [5.41, 5.74) is 5.22. The first-order valence-electron chi connectivity index (χ1n) is 7.10. The molecule has 0 aromatic heterocycles. The Morgan fingerprint density at radius 3 is 2.29 bits per heavy atom. The molecule has 0 aliphatic carbocycles. The number of hydrogen-bond donors (Lipinski definition) is 1. The maximum absolute atomic E-state index is 11.0. The Bertz CT molecular complexity index is 183. The zero-order chi connectivity index (χ0) is 12.9. The molecular formula is C14H29NO2. The molecule has 17 heavy (non-hydrogen) atoms. The van der Waals surface area contributed by atoms with E-state index in [4.69, 9.17) is 10.5 Å². The van der Waals surface area contributed by atoms with Gasteiger partial charge in [0, 0.05) is 0 Å². The monoisotopic (exact) mass is 243 g/mol. The number of unbranched alkanes of at least 4 members (excludes halogenated alkanes) is 4. The van der Waals surface area contributed by atoms with Crippen molar-refractivity contribution in [2.45, 2.75) is 65.2 Å². The van der Waals surface area contributed by atoms with Gasteiger partial charge in [-0.05, 0) is 18.8 Å². The highest BCUT2D eigenvalue weighted by Crippen LogP contribution is 2.17. The zero-order valence-electron chi connectivity index (χ0n) is 11.5. The molecule has 0 amide bonds. The van der Waals surface area contributed by atoms with Gasteiger partial charge in [-0.1, -0.05) is 52.4 Å². The fourth-order valence-electron chi connectivity index (χ4n) is 1.93. The molecule has 1 atom stereocenters. The van der Waals surface area contributed by atoms with Crippen molar-refractivity contribution in [2.24, 2.45) is 11.7 Å². The van der Waals surface area contributed by atoms with E-state index >= 15 is 0 Å². The molecule has 0 aromatic rings. The van der Waals surface area contributed by atoms with Crippen LogP contribution in [-0.2, 0) is 9.53 Å². The molecule has 3 heteroatoms. The van der Waals surface area contributed by atoms with Crippen molar-refractivity contribution in [2.75, 3.05) is 13.2 Å². The van der Waals surface area contributed by atoms with E-state index in [1.54, 1.807) is 0 Å². The van der Waals surface area contributed by atoms with Crippen LogP contribution in [0.4, 0.5) is 0 Å². The van der Waals surface area contributed by atoms with Gasteiger partial charge in [-0.2, -0.15) is 0 Å². The van der Waals surface area contributed by atoms with E-state index in [0.717, 1.165) is 0 Å². The van der Waals surface area contributed by atoms with Crippen molar-refractivity contribution < 1.29 is 9.53 Å². The molecule has 3 nitrogen and oxygen atoms in total. The van der Waals surface area contributed by atoms with Crippen LogP contribution < -0.4 is 5.73 Å². The second-order valence-corrected chi connectivity index (χ2v) is 4.74. The zero-order valence-corrected chi connectivity index (χ0v) is 11.5. The molecule has 0 heterocycles. The summed E-state index contributed by atoms with van der Waals surface area (Å²) in [6.45, 7) is 4.97. The van der Waals surface area contributed by atoms with E-state index < -0.39 is 0 Å². The van der Waals surface area contributed by atoms with Crippen molar-refractivity contribution in [3.63, 3.8) is 0 Å². The number of rotatable bonds is 11. The normalized spacial score (nSPS) is 12.4. The summed E-state index contributed by atoms with van der Waals surface area (Å²) in [6.07, 6.45) is 9.89. The van der Waals surface area contributed by atoms with Gasteiger partial charge in [0.25, 0.3) is 0 Å². The van der Waals surface area contributed by atoms with Gasteiger partial charge in [0.15, 0.2) is 0 Å². The molecule has 0 aliphatic rings. The Morgan fingerprint density at radius 1 is 1.06 bits per heavy atom. The third kappa shape index (κ3) is 10.3. The summed E-state index contributed by atoms with van der Waals surface area (Å²) in [7, 11) is 0. The van der Waals surface area contributed by atoms with Gasteiger partial charge in [0.05, 0.1) is 13.2 Å². The molecule has 0 saturated carbocycles. The summed E-state index contributed by atoms with van der Waals surface area (Å²) >= 11 is 0. The Hall–Kier alpha value is -0.570. The largest absolute Gasteiger partial charge is 0.464 e. The van der Waals surface area contributed by atoms with E-state index in [2.05, 4.69) is 13.8 Å². The van der Waals surface area contributed by atoms with Crippen molar-refractivity contribution in [1.82, 2.24) is 0 Å². The van der Waals surface area contributed by atoms with Gasteiger partial charge in [0.2, 0.25) is 0 Å². The molecule has 0 radical (unpaired) electrons. The molecule has 0 aromatic carbocycles. The average molecular weight is 243 g/mol. The average Bonchev–Trinajstić information content (AvgIpc) is 2.36. The van der Waals surface area contributed by atoms with Crippen LogP contribution in [0.3, 0.4) is 0 Å². The van der Waals surface area contributed by atoms with E-state index in [-0.39, 0.29) is 12.5 Å². The quantitative estimate of drug-likeness (QED) is 0.447. The van der Waals surface area contributed by atoms with Gasteiger partial charge < -0.3 is 10.5 Å². The first-order valence-corrected chi connectivity index (χ1v) is 7.10. The summed E-state index contributed by atoms with van der Waals surface area (Å²) in [5.74, 6) is 0.252. The predicted molar refractivity (Wildman–Crippen MR) is 71.8 cm³/mol. The lowest BCUT2D eigenvalue weighted by Gasteiger charge is -2.16. The lowest BCUT2D eigenvalue weighted by molar-refractivity contribution is -0.143. The summed E-state index contributed by atoms with van der Waals surface area (Å²) in [6, 6.07) is 0. The van der Waals surface area contributed by atoms with Crippen molar-refractivity contribution in [3.8, 4) is 0 Å². The fourth-order valence-corrected chi connectivity index (χ4v) is 1.93. The van der Waals surface area contributed by atoms with Gasteiger partial charge in [-0.25, -0.2) is 0 Å². The van der Waals surface area contributed by atoms with Crippen molar-refractivity contribution in [1.29, 1.82) is 0 Å². The van der Waals surface area contributed by atoms with Gasteiger partial charge >= 0.3 is 5.97 Å². The third-order valence-corrected chi connectivity index (χ3v) is 3.08. The van der Waals surface area contributed by atoms with E-state index in [0.29, 0.717) is 12.5 Å². The van der Waals surface area contributed by atoms with Crippen LogP contribution in [0.25, 0.3) is 0 Å². The Balaban J connectivity index is 3.74. The molecule has 102 valence electrons. The standard InChI is InChI=1S/C14H29NO2/c1-3-5-7-8-10-13(9-6-4-2)12-17-14(16)11-15/h13H,3-12,15H2,1-2H3. The smallest absolute Gasteiger partial charge is 0.319 e. The van der Waals surface area contributed by atoms with Crippen LogP contribution in [0, 0.1) is 5.92 Å². The highest BCUT2D eigenvalue weighted by Gasteiger charge is 2.10. The van der Waals surface area contributed by atoms with E-state index in [9.17, 15) is 4.79 Å². The van der Waals surface area contributed by atoms with Gasteiger partial charge in [0.1, 0.15) is 0 Å². The van der Waals surface area contributed by atoms with Crippen molar-refractivity contribution in [3.05, 3.63) is 0 Å². The number of nitrogens with two attached hydrogens (primary N) is 1. The summed E-state index contributed by atoms with van der Waals surface area (Å²) in [5, 5.41) is 0.